The highest BCUT2D eigenvalue weighted by molar-refractivity contribution is 8.00. The predicted octanol–water partition coefficient (Wildman–Crippen LogP) is 4.40. The molecule has 2 atom stereocenters. The van der Waals surface area contributed by atoms with E-state index in [-0.39, 0.29) is 0 Å². The Balaban J connectivity index is 1.90. The monoisotopic (exact) mass is 393 g/mol. The summed E-state index contributed by atoms with van der Waals surface area (Å²) in [5.74, 6) is -0.356. The zero-order valence-corrected chi connectivity index (χ0v) is 16.3. The molecule has 0 aliphatic carbocycles. The van der Waals surface area contributed by atoms with Crippen LogP contribution in [-0.4, -0.2) is 30.3 Å². The van der Waals surface area contributed by atoms with Crippen molar-refractivity contribution in [3.05, 3.63) is 53.6 Å². The first-order valence-electron chi connectivity index (χ1n) is 7.97. The van der Waals surface area contributed by atoms with Crippen LogP contribution in [0.5, 0.6) is 5.75 Å². The Bertz CT molecular complexity index is 766. The summed E-state index contributed by atoms with van der Waals surface area (Å²) in [6, 6.07) is 14.2. The van der Waals surface area contributed by atoms with Gasteiger partial charge in [-0.3, -0.25) is 9.59 Å². The average Bonchev–Trinajstić information content (AvgIpc) is 2.63. The molecule has 1 N–H and O–H groups in total. The zero-order chi connectivity index (χ0) is 19.1. The van der Waals surface area contributed by atoms with E-state index in [1.807, 2.05) is 12.1 Å². The van der Waals surface area contributed by atoms with Gasteiger partial charge in [-0.05, 0) is 50.2 Å². The number of rotatable bonds is 7. The molecule has 2 aromatic rings. The lowest BCUT2D eigenvalue weighted by Crippen LogP contribution is -2.32. The maximum atomic E-state index is 12.3. The lowest BCUT2D eigenvalue weighted by Gasteiger charge is -2.17. The number of ether oxygens (including phenoxy) is 2. The molecular weight excluding hydrogens is 374 g/mol. The van der Waals surface area contributed by atoms with Gasteiger partial charge >= 0.3 is 5.97 Å². The first-order chi connectivity index (χ1) is 12.4. The quantitative estimate of drug-likeness (QED) is 0.558. The molecule has 0 radical (unpaired) electrons. The van der Waals surface area contributed by atoms with Crippen LogP contribution < -0.4 is 10.1 Å². The van der Waals surface area contributed by atoms with Crippen LogP contribution >= 0.6 is 23.4 Å². The molecule has 0 heterocycles. The number of carbonyl (C=O) groups excluding carboxylic acids is 2. The van der Waals surface area contributed by atoms with Gasteiger partial charge in [0.2, 0.25) is 0 Å². The highest BCUT2D eigenvalue weighted by Crippen LogP contribution is 2.26. The van der Waals surface area contributed by atoms with Crippen molar-refractivity contribution in [2.24, 2.45) is 0 Å². The van der Waals surface area contributed by atoms with Gasteiger partial charge in [-0.25, -0.2) is 0 Å². The number of hydrogen-bond donors (Lipinski definition) is 1. The molecule has 26 heavy (non-hydrogen) atoms. The maximum Gasteiger partial charge on any atom is 0.319 e. The van der Waals surface area contributed by atoms with Crippen molar-refractivity contribution in [2.45, 2.75) is 30.1 Å². The van der Waals surface area contributed by atoms with Gasteiger partial charge in [-0.1, -0.05) is 23.7 Å². The van der Waals surface area contributed by atoms with E-state index in [1.165, 1.54) is 25.8 Å². The Hall–Kier alpha value is -2.18. The number of nitrogens with one attached hydrogen (secondary N) is 1. The summed E-state index contributed by atoms with van der Waals surface area (Å²) in [7, 11) is 1.52. The van der Waals surface area contributed by atoms with E-state index < -0.39 is 23.2 Å². The van der Waals surface area contributed by atoms with Crippen molar-refractivity contribution in [1.82, 2.24) is 0 Å². The van der Waals surface area contributed by atoms with Crippen LogP contribution in [0.25, 0.3) is 0 Å². The fraction of sp³-hybridized carbons (Fsp3) is 0.263. The third-order valence-corrected chi connectivity index (χ3v) is 4.83. The van der Waals surface area contributed by atoms with Crippen LogP contribution in [0, 0.1) is 0 Å². The van der Waals surface area contributed by atoms with Crippen molar-refractivity contribution in [3.63, 3.8) is 0 Å². The largest absolute Gasteiger partial charge is 0.495 e. The molecule has 0 aliphatic heterocycles. The van der Waals surface area contributed by atoms with Gasteiger partial charge in [0.1, 0.15) is 11.0 Å². The topological polar surface area (TPSA) is 64.6 Å². The summed E-state index contributed by atoms with van der Waals surface area (Å²) in [5.41, 5.74) is 0.520. The number of methoxy groups -OCH3 is 1. The number of amides is 1. The van der Waals surface area contributed by atoms with E-state index in [9.17, 15) is 9.59 Å². The third-order valence-electron chi connectivity index (χ3n) is 3.49. The third kappa shape index (κ3) is 5.68. The van der Waals surface area contributed by atoms with Crippen LogP contribution in [0.4, 0.5) is 5.69 Å². The Morgan fingerprint density at radius 3 is 2.38 bits per heavy atom. The second kappa shape index (κ2) is 9.50. The lowest BCUT2D eigenvalue weighted by atomic mass is 10.2. The summed E-state index contributed by atoms with van der Waals surface area (Å²) in [4.78, 5) is 25.4. The van der Waals surface area contributed by atoms with Gasteiger partial charge in [-0.2, -0.15) is 0 Å². The molecule has 2 rings (SSSR count). The normalized spacial score (nSPS) is 12.8. The molecule has 0 unspecified atom stereocenters. The maximum absolute atomic E-state index is 12.3. The molecule has 0 spiro atoms. The number of anilines is 1. The molecule has 1 amide bonds. The van der Waals surface area contributed by atoms with Crippen molar-refractivity contribution in [2.75, 3.05) is 12.4 Å². The zero-order valence-electron chi connectivity index (χ0n) is 14.7. The van der Waals surface area contributed by atoms with Crippen LogP contribution in [0.15, 0.2) is 53.4 Å². The van der Waals surface area contributed by atoms with Crippen LogP contribution in [0.3, 0.4) is 0 Å². The lowest BCUT2D eigenvalue weighted by molar-refractivity contribution is -0.152. The fourth-order valence-electron chi connectivity index (χ4n) is 2.07. The minimum Gasteiger partial charge on any atom is -0.495 e. The van der Waals surface area contributed by atoms with Crippen molar-refractivity contribution < 1.29 is 19.1 Å². The van der Waals surface area contributed by atoms with Gasteiger partial charge in [0.25, 0.3) is 5.91 Å². The summed E-state index contributed by atoms with van der Waals surface area (Å²) in [6.07, 6.45) is -0.930. The van der Waals surface area contributed by atoms with Gasteiger partial charge in [0.05, 0.1) is 12.8 Å². The number of halogens is 1. The van der Waals surface area contributed by atoms with E-state index in [4.69, 9.17) is 21.1 Å². The number of hydrogen-bond acceptors (Lipinski definition) is 5. The van der Waals surface area contributed by atoms with Crippen molar-refractivity contribution >= 4 is 40.9 Å². The van der Waals surface area contributed by atoms with E-state index in [0.29, 0.717) is 16.5 Å². The van der Waals surface area contributed by atoms with Gasteiger partial charge < -0.3 is 14.8 Å². The van der Waals surface area contributed by atoms with E-state index in [1.54, 1.807) is 43.3 Å². The second-order valence-corrected chi connectivity index (χ2v) is 7.33. The number of benzene rings is 2. The van der Waals surface area contributed by atoms with Crippen molar-refractivity contribution in [1.29, 1.82) is 0 Å². The Labute approximate surface area is 162 Å². The number of carbonyl (C=O) groups is 2. The van der Waals surface area contributed by atoms with Crippen LogP contribution in [-0.2, 0) is 14.3 Å². The Morgan fingerprint density at radius 2 is 1.73 bits per heavy atom. The van der Waals surface area contributed by atoms with E-state index >= 15 is 0 Å². The molecule has 5 nitrogen and oxygen atoms in total. The second-order valence-electron chi connectivity index (χ2n) is 5.48. The van der Waals surface area contributed by atoms with E-state index in [0.717, 1.165) is 4.90 Å². The molecule has 0 aromatic heterocycles. The highest BCUT2D eigenvalue weighted by atomic mass is 35.5. The average molecular weight is 394 g/mol. The minimum absolute atomic E-state index is 0.424. The fourth-order valence-corrected chi connectivity index (χ4v) is 3.05. The molecule has 2 aromatic carbocycles. The molecular formula is C19H20ClNO4S. The van der Waals surface area contributed by atoms with E-state index in [2.05, 4.69) is 5.32 Å². The summed E-state index contributed by atoms with van der Waals surface area (Å²) in [6.45, 7) is 3.26. The summed E-state index contributed by atoms with van der Waals surface area (Å²) < 4.78 is 10.5. The molecule has 138 valence electrons. The molecule has 0 saturated carbocycles. The van der Waals surface area contributed by atoms with Gasteiger partial charge in [-0.15, -0.1) is 11.8 Å². The molecule has 0 fully saturated rings. The number of thioether (sulfide) groups is 1. The Kier molecular flexibility index (Phi) is 7.36. The number of para-hydroxylation sites is 2. The SMILES string of the molecule is COc1ccccc1NC(=O)[C@H](C)OC(=O)[C@H](C)Sc1ccc(Cl)cc1. The molecule has 7 heteroatoms. The van der Waals surface area contributed by atoms with Gasteiger partial charge in [0.15, 0.2) is 6.10 Å². The number of esters is 1. The van der Waals surface area contributed by atoms with Crippen LogP contribution in [0.1, 0.15) is 13.8 Å². The predicted molar refractivity (Wildman–Crippen MR) is 104 cm³/mol. The minimum atomic E-state index is -0.930. The first-order valence-corrected chi connectivity index (χ1v) is 9.23. The standard InChI is InChI=1S/C19H20ClNO4S/c1-12(18(22)21-16-6-4-5-7-17(16)24-3)25-19(23)13(2)26-15-10-8-14(20)9-11-15/h4-13H,1-3H3,(H,21,22)/t12-,13-/m0/s1. The first kappa shape index (κ1) is 20.1. The molecule has 0 saturated heterocycles. The smallest absolute Gasteiger partial charge is 0.319 e. The highest BCUT2D eigenvalue weighted by Gasteiger charge is 2.23. The summed E-state index contributed by atoms with van der Waals surface area (Å²) >= 11 is 7.19. The summed E-state index contributed by atoms with van der Waals surface area (Å²) in [5, 5.41) is 2.87. The van der Waals surface area contributed by atoms with Crippen molar-refractivity contribution in [3.8, 4) is 5.75 Å². The van der Waals surface area contributed by atoms with Gasteiger partial charge in [0, 0.05) is 9.92 Å². The molecule has 0 bridgehead atoms. The van der Waals surface area contributed by atoms with Crippen LogP contribution in [0.2, 0.25) is 5.02 Å². The molecule has 0 aliphatic rings. The Morgan fingerprint density at radius 1 is 1.08 bits per heavy atom.